The van der Waals surface area contributed by atoms with Gasteiger partial charge in [0.05, 0.1) is 31.6 Å². The van der Waals surface area contributed by atoms with Crippen LogP contribution in [0.5, 0.6) is 17.2 Å². The van der Waals surface area contributed by atoms with Crippen molar-refractivity contribution in [1.82, 2.24) is 0 Å². The molecule has 0 atom stereocenters. The largest absolute Gasteiger partial charge is 0.497 e. The first kappa shape index (κ1) is 18.1. The molecule has 0 saturated carbocycles. The smallest absolute Gasteiger partial charge is 0.255 e. The first-order valence-corrected chi connectivity index (χ1v) is 7.92. The highest BCUT2D eigenvalue weighted by Gasteiger charge is 2.15. The van der Waals surface area contributed by atoms with Gasteiger partial charge in [0.1, 0.15) is 11.8 Å². The van der Waals surface area contributed by atoms with Gasteiger partial charge in [0.15, 0.2) is 11.5 Å². The molecule has 6 nitrogen and oxygen atoms in total. The van der Waals surface area contributed by atoms with E-state index >= 15 is 0 Å². The van der Waals surface area contributed by atoms with Gasteiger partial charge in [-0.15, -0.1) is 0 Å². The van der Waals surface area contributed by atoms with Gasteiger partial charge in [-0.25, -0.2) is 0 Å². The van der Waals surface area contributed by atoms with Gasteiger partial charge >= 0.3 is 0 Å². The van der Waals surface area contributed by atoms with Gasteiger partial charge in [0.2, 0.25) is 0 Å². The molecule has 0 heterocycles. The molecule has 0 aliphatic heterocycles. The average Bonchev–Trinajstić information content (AvgIpc) is 2.64. The van der Waals surface area contributed by atoms with Crippen molar-refractivity contribution in [3.05, 3.63) is 47.5 Å². The molecule has 2 rings (SSSR count). The number of ether oxygens (including phenoxy) is 3. The quantitative estimate of drug-likeness (QED) is 0.832. The van der Waals surface area contributed by atoms with Gasteiger partial charge in [-0.2, -0.15) is 5.26 Å². The van der Waals surface area contributed by atoms with Crippen molar-refractivity contribution < 1.29 is 19.0 Å². The van der Waals surface area contributed by atoms with Crippen LogP contribution >= 0.6 is 0 Å². The zero-order chi connectivity index (χ0) is 18.2. The molecule has 25 heavy (non-hydrogen) atoms. The lowest BCUT2D eigenvalue weighted by Crippen LogP contribution is -2.13. The Hall–Kier alpha value is -3.20. The highest BCUT2D eigenvalue weighted by Crippen LogP contribution is 2.34. The fraction of sp³-hybridized carbons (Fsp3) is 0.263. The Kier molecular flexibility index (Phi) is 6.24. The molecular weight excluding hydrogens is 320 g/mol. The molecule has 0 aliphatic carbocycles. The molecule has 0 fully saturated rings. The highest BCUT2D eigenvalue weighted by atomic mass is 16.5. The normalized spacial score (nSPS) is 9.84. The fourth-order valence-corrected chi connectivity index (χ4v) is 2.25. The number of benzene rings is 2. The standard InChI is InChI=1S/C19H20N2O4/c1-4-24-17-10-14(12-20)16(11-18(17)25-5-2)21-19(22)13-7-6-8-15(9-13)23-3/h6-11H,4-5H2,1-3H3,(H,21,22). The predicted molar refractivity (Wildman–Crippen MR) is 94.4 cm³/mol. The molecule has 0 spiro atoms. The summed E-state index contributed by atoms with van der Waals surface area (Å²) in [6.45, 7) is 4.58. The molecule has 0 aliphatic rings. The van der Waals surface area contributed by atoms with E-state index in [1.807, 2.05) is 13.8 Å². The van der Waals surface area contributed by atoms with Crippen molar-refractivity contribution >= 4 is 11.6 Å². The van der Waals surface area contributed by atoms with E-state index in [1.54, 1.807) is 36.4 Å². The second kappa shape index (κ2) is 8.60. The molecule has 1 N–H and O–H groups in total. The molecule has 2 aromatic rings. The van der Waals surface area contributed by atoms with E-state index in [4.69, 9.17) is 14.2 Å². The second-order valence-electron chi connectivity index (χ2n) is 5.01. The zero-order valence-corrected chi connectivity index (χ0v) is 14.5. The molecule has 0 bridgehead atoms. The van der Waals surface area contributed by atoms with Gasteiger partial charge in [-0.1, -0.05) is 6.07 Å². The predicted octanol–water partition coefficient (Wildman–Crippen LogP) is 3.62. The van der Waals surface area contributed by atoms with Crippen LogP contribution in [0.2, 0.25) is 0 Å². The van der Waals surface area contributed by atoms with Crippen molar-refractivity contribution in [3.8, 4) is 23.3 Å². The van der Waals surface area contributed by atoms with Crippen LogP contribution in [0.15, 0.2) is 36.4 Å². The summed E-state index contributed by atoms with van der Waals surface area (Å²) < 4.78 is 16.2. The number of carbonyl (C=O) groups excluding carboxylic acids is 1. The topological polar surface area (TPSA) is 80.6 Å². The summed E-state index contributed by atoms with van der Waals surface area (Å²) in [5.41, 5.74) is 1.08. The Bertz CT molecular complexity index is 796. The number of hydrogen-bond donors (Lipinski definition) is 1. The van der Waals surface area contributed by atoms with Gasteiger partial charge in [-0.05, 0) is 32.0 Å². The van der Waals surface area contributed by atoms with Crippen molar-refractivity contribution in [2.24, 2.45) is 0 Å². The Morgan fingerprint density at radius 3 is 2.40 bits per heavy atom. The summed E-state index contributed by atoms with van der Waals surface area (Å²) in [5.74, 6) is 1.18. The van der Waals surface area contributed by atoms with Gasteiger partial charge in [-0.3, -0.25) is 4.79 Å². The molecule has 0 saturated heterocycles. The number of amides is 1. The number of carbonyl (C=O) groups is 1. The van der Waals surface area contributed by atoms with Crippen LogP contribution < -0.4 is 19.5 Å². The van der Waals surface area contributed by atoms with E-state index in [0.29, 0.717) is 47.3 Å². The maximum Gasteiger partial charge on any atom is 0.255 e. The summed E-state index contributed by atoms with van der Waals surface area (Å²) in [4.78, 5) is 12.5. The number of hydrogen-bond acceptors (Lipinski definition) is 5. The third kappa shape index (κ3) is 4.42. The van der Waals surface area contributed by atoms with E-state index in [9.17, 15) is 10.1 Å². The molecule has 130 valence electrons. The van der Waals surface area contributed by atoms with Crippen molar-refractivity contribution in [2.75, 3.05) is 25.6 Å². The van der Waals surface area contributed by atoms with E-state index in [-0.39, 0.29) is 5.91 Å². The van der Waals surface area contributed by atoms with Crippen LogP contribution in [0.1, 0.15) is 29.8 Å². The monoisotopic (exact) mass is 340 g/mol. The van der Waals surface area contributed by atoms with E-state index in [2.05, 4.69) is 11.4 Å². The van der Waals surface area contributed by atoms with Crippen LogP contribution in [0, 0.1) is 11.3 Å². The maximum atomic E-state index is 12.5. The minimum Gasteiger partial charge on any atom is -0.497 e. The van der Waals surface area contributed by atoms with Crippen LogP contribution in [-0.2, 0) is 0 Å². The van der Waals surface area contributed by atoms with Crippen molar-refractivity contribution in [2.45, 2.75) is 13.8 Å². The van der Waals surface area contributed by atoms with E-state index < -0.39 is 0 Å². The number of anilines is 1. The lowest BCUT2D eigenvalue weighted by atomic mass is 10.1. The van der Waals surface area contributed by atoms with Crippen LogP contribution in [0.4, 0.5) is 5.69 Å². The zero-order valence-electron chi connectivity index (χ0n) is 14.5. The lowest BCUT2D eigenvalue weighted by molar-refractivity contribution is 0.102. The average molecular weight is 340 g/mol. The minimum atomic E-state index is -0.345. The summed E-state index contributed by atoms with van der Waals surface area (Å²) in [6, 6.07) is 12.0. The third-order valence-corrected chi connectivity index (χ3v) is 3.38. The number of nitrogens with zero attached hydrogens (tertiary/aromatic N) is 1. The third-order valence-electron chi connectivity index (χ3n) is 3.38. The summed E-state index contributed by atoms with van der Waals surface area (Å²) >= 11 is 0. The lowest BCUT2D eigenvalue weighted by Gasteiger charge is -2.14. The van der Waals surface area contributed by atoms with E-state index in [0.717, 1.165) is 0 Å². The SMILES string of the molecule is CCOc1cc(C#N)c(NC(=O)c2cccc(OC)c2)cc1OCC. The van der Waals surface area contributed by atoms with Crippen LogP contribution in [0.3, 0.4) is 0 Å². The highest BCUT2D eigenvalue weighted by molar-refractivity contribution is 6.05. The molecule has 1 amide bonds. The molecule has 0 aromatic heterocycles. The Balaban J connectivity index is 2.35. The minimum absolute atomic E-state index is 0.295. The Morgan fingerprint density at radius 2 is 1.80 bits per heavy atom. The molecule has 2 aromatic carbocycles. The van der Waals surface area contributed by atoms with Crippen LogP contribution in [0.25, 0.3) is 0 Å². The van der Waals surface area contributed by atoms with Crippen molar-refractivity contribution in [1.29, 1.82) is 5.26 Å². The van der Waals surface area contributed by atoms with Crippen LogP contribution in [-0.4, -0.2) is 26.2 Å². The summed E-state index contributed by atoms with van der Waals surface area (Å²) in [7, 11) is 1.53. The number of rotatable bonds is 7. The summed E-state index contributed by atoms with van der Waals surface area (Å²) in [6.07, 6.45) is 0. The van der Waals surface area contributed by atoms with Crippen molar-refractivity contribution in [3.63, 3.8) is 0 Å². The number of nitriles is 1. The molecule has 0 radical (unpaired) electrons. The van der Waals surface area contributed by atoms with Gasteiger partial charge in [0, 0.05) is 17.7 Å². The van der Waals surface area contributed by atoms with Gasteiger partial charge < -0.3 is 19.5 Å². The van der Waals surface area contributed by atoms with Gasteiger partial charge in [0.25, 0.3) is 5.91 Å². The first-order chi connectivity index (χ1) is 12.1. The number of nitrogens with one attached hydrogen (secondary N) is 1. The van der Waals surface area contributed by atoms with E-state index in [1.165, 1.54) is 7.11 Å². The molecule has 0 unspecified atom stereocenters. The second-order valence-corrected chi connectivity index (χ2v) is 5.01. The molecule has 6 heteroatoms. The Labute approximate surface area is 146 Å². The Morgan fingerprint density at radius 1 is 1.12 bits per heavy atom. The maximum absolute atomic E-state index is 12.5. The fourth-order valence-electron chi connectivity index (χ4n) is 2.25. The number of methoxy groups -OCH3 is 1. The molecular formula is C19H20N2O4. The summed E-state index contributed by atoms with van der Waals surface area (Å²) in [5, 5.41) is 12.1. The first-order valence-electron chi connectivity index (χ1n) is 7.92.